The van der Waals surface area contributed by atoms with Crippen LogP contribution in [0.4, 0.5) is 0 Å². The lowest BCUT2D eigenvalue weighted by molar-refractivity contribution is -0.156. The summed E-state index contributed by atoms with van der Waals surface area (Å²) in [7, 11) is 1.74. The zero-order valence-electron chi connectivity index (χ0n) is 11.1. The van der Waals surface area contributed by atoms with Crippen molar-refractivity contribution in [3.05, 3.63) is 16.6 Å². The van der Waals surface area contributed by atoms with E-state index in [2.05, 4.69) is 4.98 Å². The summed E-state index contributed by atoms with van der Waals surface area (Å²) >= 11 is 1.58. The van der Waals surface area contributed by atoms with E-state index in [1.54, 1.807) is 29.5 Å². The summed E-state index contributed by atoms with van der Waals surface area (Å²) in [5.74, 6) is -1.57. The van der Waals surface area contributed by atoms with Crippen molar-refractivity contribution in [2.75, 3.05) is 13.6 Å². The molecule has 1 fully saturated rings. The van der Waals surface area contributed by atoms with Crippen molar-refractivity contribution in [1.29, 1.82) is 0 Å². The Balaban J connectivity index is 1.91. The molecular formula is C13H18N2O3S. The maximum absolute atomic E-state index is 12.2. The third kappa shape index (κ3) is 2.94. The lowest BCUT2D eigenvalue weighted by Gasteiger charge is -2.35. The van der Waals surface area contributed by atoms with E-state index in [0.29, 0.717) is 19.4 Å². The second-order valence-corrected chi connectivity index (χ2v) is 6.04. The predicted molar refractivity (Wildman–Crippen MR) is 72.0 cm³/mol. The minimum absolute atomic E-state index is 0.0537. The molecule has 0 aromatic carbocycles. The van der Waals surface area contributed by atoms with Crippen molar-refractivity contribution >= 4 is 23.2 Å². The van der Waals surface area contributed by atoms with Gasteiger partial charge in [0.25, 0.3) is 0 Å². The molecule has 0 aliphatic heterocycles. The number of carboxylic acid groups (broad SMARTS) is 1. The van der Waals surface area contributed by atoms with Gasteiger partial charge in [0.05, 0.1) is 16.8 Å². The number of carbonyl (C=O) groups is 2. The van der Waals surface area contributed by atoms with E-state index in [1.807, 2.05) is 12.3 Å². The van der Waals surface area contributed by atoms with Crippen LogP contribution in [0.2, 0.25) is 0 Å². The zero-order chi connectivity index (χ0) is 14.0. The zero-order valence-corrected chi connectivity index (χ0v) is 11.9. The summed E-state index contributed by atoms with van der Waals surface area (Å²) in [5.41, 5.74) is 0. The van der Waals surface area contributed by atoms with Crippen molar-refractivity contribution < 1.29 is 14.7 Å². The van der Waals surface area contributed by atoms with E-state index in [4.69, 9.17) is 5.11 Å². The largest absolute Gasteiger partial charge is 0.481 e. The number of nitrogens with zero attached hydrogens (tertiary/aromatic N) is 2. The van der Waals surface area contributed by atoms with Crippen LogP contribution in [-0.4, -0.2) is 40.5 Å². The van der Waals surface area contributed by atoms with Crippen LogP contribution in [0.1, 0.15) is 30.7 Å². The van der Waals surface area contributed by atoms with Crippen LogP contribution in [0.5, 0.6) is 0 Å². The SMILES string of the molecule is CC(CN(C)C(=O)C1CCC1C(=O)O)c1nccs1. The molecule has 1 aliphatic carbocycles. The molecule has 1 saturated carbocycles. The van der Waals surface area contributed by atoms with Crippen molar-refractivity contribution in [3.8, 4) is 0 Å². The second kappa shape index (κ2) is 5.69. The molecule has 0 bridgehead atoms. The number of aromatic nitrogens is 1. The molecule has 19 heavy (non-hydrogen) atoms. The Morgan fingerprint density at radius 2 is 2.21 bits per heavy atom. The van der Waals surface area contributed by atoms with E-state index in [9.17, 15) is 9.59 Å². The second-order valence-electron chi connectivity index (χ2n) is 5.12. The fourth-order valence-electron chi connectivity index (χ4n) is 2.43. The topological polar surface area (TPSA) is 70.5 Å². The van der Waals surface area contributed by atoms with Crippen LogP contribution >= 0.6 is 11.3 Å². The molecule has 3 atom stereocenters. The van der Waals surface area contributed by atoms with Gasteiger partial charge in [-0.15, -0.1) is 11.3 Å². The molecule has 3 unspecified atom stereocenters. The molecule has 104 valence electrons. The third-order valence-electron chi connectivity index (χ3n) is 3.71. The Morgan fingerprint density at radius 1 is 1.53 bits per heavy atom. The van der Waals surface area contributed by atoms with Gasteiger partial charge in [-0.2, -0.15) is 0 Å². The Bertz CT molecular complexity index is 460. The van der Waals surface area contributed by atoms with Gasteiger partial charge in [0, 0.05) is 31.1 Å². The average Bonchev–Trinajstić information content (AvgIpc) is 2.79. The van der Waals surface area contributed by atoms with Gasteiger partial charge in [0.2, 0.25) is 5.91 Å². The summed E-state index contributed by atoms with van der Waals surface area (Å²) in [6, 6.07) is 0. The lowest BCUT2D eigenvalue weighted by Crippen LogP contribution is -2.45. The summed E-state index contributed by atoms with van der Waals surface area (Å²) < 4.78 is 0. The molecule has 1 heterocycles. The van der Waals surface area contributed by atoms with Crippen LogP contribution in [0.25, 0.3) is 0 Å². The maximum Gasteiger partial charge on any atom is 0.307 e. The molecule has 1 aromatic heterocycles. The first kappa shape index (κ1) is 14.0. The first-order valence-electron chi connectivity index (χ1n) is 6.38. The third-order valence-corrected chi connectivity index (χ3v) is 4.71. The number of amides is 1. The van der Waals surface area contributed by atoms with Crippen molar-refractivity contribution in [2.45, 2.75) is 25.7 Å². The Hall–Kier alpha value is -1.43. The Morgan fingerprint density at radius 3 is 2.68 bits per heavy atom. The maximum atomic E-state index is 12.2. The van der Waals surface area contributed by atoms with Gasteiger partial charge in [-0.1, -0.05) is 6.92 Å². The highest BCUT2D eigenvalue weighted by Gasteiger charge is 2.42. The smallest absolute Gasteiger partial charge is 0.307 e. The minimum Gasteiger partial charge on any atom is -0.481 e. The molecule has 1 aromatic rings. The molecule has 6 heteroatoms. The van der Waals surface area contributed by atoms with Gasteiger partial charge >= 0.3 is 5.97 Å². The highest BCUT2D eigenvalue weighted by Crippen LogP contribution is 2.36. The number of likely N-dealkylation sites (N-methyl/N-ethyl adjacent to an activating group) is 1. The monoisotopic (exact) mass is 282 g/mol. The Kier molecular flexibility index (Phi) is 4.19. The average molecular weight is 282 g/mol. The van der Waals surface area contributed by atoms with Crippen molar-refractivity contribution in [2.24, 2.45) is 11.8 Å². The summed E-state index contributed by atoms with van der Waals surface area (Å²) in [4.78, 5) is 29.0. The molecule has 2 rings (SSSR count). The van der Waals surface area contributed by atoms with Gasteiger partial charge in [-0.3, -0.25) is 9.59 Å². The van der Waals surface area contributed by atoms with E-state index in [1.165, 1.54) is 0 Å². The number of rotatable bonds is 5. The lowest BCUT2D eigenvalue weighted by atomic mass is 9.73. The highest BCUT2D eigenvalue weighted by molar-refractivity contribution is 7.09. The number of hydrogen-bond acceptors (Lipinski definition) is 4. The number of carbonyl (C=O) groups excluding carboxylic acids is 1. The highest BCUT2D eigenvalue weighted by atomic mass is 32.1. The molecule has 1 amide bonds. The summed E-state index contributed by atoms with van der Waals surface area (Å²) in [5, 5.41) is 11.9. The molecule has 1 aliphatic rings. The number of thiazole rings is 1. The van der Waals surface area contributed by atoms with E-state index < -0.39 is 11.9 Å². The van der Waals surface area contributed by atoms with Crippen LogP contribution in [0, 0.1) is 11.8 Å². The standard InChI is InChI=1S/C13H18N2O3S/c1-8(11-14-5-6-19-11)7-15(2)12(16)9-3-4-10(9)13(17)18/h5-6,8-10H,3-4,7H2,1-2H3,(H,17,18). The normalized spacial score (nSPS) is 23.5. The number of hydrogen-bond donors (Lipinski definition) is 1. The Labute approximate surface area is 116 Å². The first-order chi connectivity index (χ1) is 9.00. The number of aliphatic carboxylic acids is 1. The summed E-state index contributed by atoms with van der Waals surface area (Å²) in [6.07, 6.45) is 3.05. The fraction of sp³-hybridized carbons (Fsp3) is 0.615. The van der Waals surface area contributed by atoms with Crippen molar-refractivity contribution in [1.82, 2.24) is 9.88 Å². The number of carboxylic acids is 1. The molecule has 0 saturated heterocycles. The first-order valence-corrected chi connectivity index (χ1v) is 7.25. The van der Waals surface area contributed by atoms with Crippen molar-refractivity contribution in [3.63, 3.8) is 0 Å². The minimum atomic E-state index is -0.856. The molecule has 1 N–H and O–H groups in total. The van der Waals surface area contributed by atoms with Crippen LogP contribution < -0.4 is 0 Å². The van der Waals surface area contributed by atoms with Crippen LogP contribution in [0.15, 0.2) is 11.6 Å². The van der Waals surface area contributed by atoms with Gasteiger partial charge in [0.15, 0.2) is 0 Å². The van der Waals surface area contributed by atoms with E-state index >= 15 is 0 Å². The van der Waals surface area contributed by atoms with Gasteiger partial charge in [-0.05, 0) is 12.8 Å². The van der Waals surface area contributed by atoms with Gasteiger partial charge in [-0.25, -0.2) is 4.98 Å². The summed E-state index contributed by atoms with van der Waals surface area (Å²) in [6.45, 7) is 2.60. The molecule has 5 nitrogen and oxygen atoms in total. The van der Waals surface area contributed by atoms with Crippen LogP contribution in [-0.2, 0) is 9.59 Å². The van der Waals surface area contributed by atoms with Gasteiger partial charge < -0.3 is 10.0 Å². The van der Waals surface area contributed by atoms with Gasteiger partial charge in [0.1, 0.15) is 0 Å². The quantitative estimate of drug-likeness (QED) is 0.894. The fourth-order valence-corrected chi connectivity index (χ4v) is 3.12. The molecular weight excluding hydrogens is 264 g/mol. The molecule has 0 spiro atoms. The predicted octanol–water partition coefficient (Wildman–Crippen LogP) is 1.82. The van der Waals surface area contributed by atoms with Crippen LogP contribution in [0.3, 0.4) is 0 Å². The van der Waals surface area contributed by atoms with E-state index in [0.717, 1.165) is 5.01 Å². The van der Waals surface area contributed by atoms with E-state index in [-0.39, 0.29) is 17.7 Å². The molecule has 0 radical (unpaired) electrons.